The van der Waals surface area contributed by atoms with Crippen LogP contribution < -0.4 is 26.4 Å². The van der Waals surface area contributed by atoms with Gasteiger partial charge < -0.3 is 41.4 Å². The molecule has 0 aliphatic carbocycles. The molecule has 2 atom stereocenters. The van der Waals surface area contributed by atoms with E-state index in [1.54, 1.807) is 0 Å². The quantitative estimate of drug-likeness (QED) is 0.0430. The highest BCUT2D eigenvalue weighted by molar-refractivity contribution is 7.90. The number of tetrazole rings is 1. The van der Waals surface area contributed by atoms with Crippen molar-refractivity contribution in [2.24, 2.45) is 5.73 Å². The minimum absolute atomic E-state index is 0.0312. The van der Waals surface area contributed by atoms with Crippen LogP contribution in [0.2, 0.25) is 0 Å². The van der Waals surface area contributed by atoms with Gasteiger partial charge in [0, 0.05) is 45.2 Å². The number of H-pyrrole nitrogens is 1. The fraction of sp³-hybridized carbons (Fsp3) is 0.811. The van der Waals surface area contributed by atoms with Crippen molar-refractivity contribution in [3.05, 3.63) is 5.82 Å². The number of aromatic amines is 1. The van der Waals surface area contributed by atoms with Crippen LogP contribution in [-0.4, -0.2) is 132 Å². The summed E-state index contributed by atoms with van der Waals surface area (Å²) >= 11 is 0. The van der Waals surface area contributed by atoms with Gasteiger partial charge in [-0.25, -0.2) is 13.2 Å². The van der Waals surface area contributed by atoms with Crippen LogP contribution >= 0.6 is 0 Å². The first kappa shape index (κ1) is 52.7. The molecule has 4 amide bonds. The van der Waals surface area contributed by atoms with Gasteiger partial charge in [0.2, 0.25) is 33.7 Å². The van der Waals surface area contributed by atoms with Crippen molar-refractivity contribution in [2.75, 3.05) is 45.3 Å². The maximum atomic E-state index is 12.3. The summed E-state index contributed by atoms with van der Waals surface area (Å²) in [6.07, 6.45) is 14.8. The number of rotatable bonds is 40. The van der Waals surface area contributed by atoms with E-state index in [-0.39, 0.29) is 96.1 Å². The maximum absolute atomic E-state index is 12.3. The number of primary amides is 1. The summed E-state index contributed by atoms with van der Waals surface area (Å²) < 4.78 is 37.4. The van der Waals surface area contributed by atoms with E-state index in [4.69, 9.17) is 15.2 Å². The van der Waals surface area contributed by atoms with Crippen LogP contribution in [0, 0.1) is 0 Å². The Hall–Kier alpha value is -4.28. The molecule has 0 radical (unpaired) electrons. The number of amides is 4. The monoisotopic (exact) mass is 861 g/mol. The van der Waals surface area contributed by atoms with Crippen LogP contribution in [0.25, 0.3) is 0 Å². The third kappa shape index (κ3) is 31.3. The van der Waals surface area contributed by atoms with E-state index in [0.717, 1.165) is 37.9 Å². The molecule has 0 aliphatic rings. The van der Waals surface area contributed by atoms with Gasteiger partial charge in [0.15, 0.2) is 5.82 Å². The third-order valence-corrected chi connectivity index (χ3v) is 10.5. The molecule has 1 aromatic heterocycles. The predicted molar refractivity (Wildman–Crippen MR) is 215 cm³/mol. The Bertz CT molecular complexity index is 1450. The fourth-order valence-corrected chi connectivity index (χ4v) is 6.95. The number of hydrogen-bond donors (Lipinski definition) is 8. The zero-order valence-corrected chi connectivity index (χ0v) is 35.1. The van der Waals surface area contributed by atoms with Crippen LogP contribution in [-0.2, 0) is 54.7 Å². The van der Waals surface area contributed by atoms with Gasteiger partial charge in [0.05, 0.1) is 32.2 Å². The molecule has 0 spiro atoms. The Balaban J connectivity index is 1.96. The lowest BCUT2D eigenvalue weighted by molar-refractivity contribution is -0.143. The minimum atomic E-state index is -3.83. The number of nitrogens with two attached hydrogens (primary N) is 1. The van der Waals surface area contributed by atoms with Gasteiger partial charge in [-0.3, -0.25) is 28.7 Å². The highest BCUT2D eigenvalue weighted by Gasteiger charge is 2.23. The van der Waals surface area contributed by atoms with Crippen LogP contribution in [0.4, 0.5) is 0 Å². The summed E-state index contributed by atoms with van der Waals surface area (Å²) in [4.78, 5) is 70.0. The van der Waals surface area contributed by atoms with Gasteiger partial charge in [-0.05, 0) is 32.1 Å². The van der Waals surface area contributed by atoms with Gasteiger partial charge in [0.25, 0.3) is 0 Å². The lowest BCUT2D eigenvalue weighted by Gasteiger charge is -2.16. The molecule has 338 valence electrons. The number of hydrogen-bond acceptors (Lipinski definition) is 14. The molecule has 59 heavy (non-hydrogen) atoms. The number of carboxylic acid groups (broad SMARTS) is 2. The number of carbonyl (C=O) groups is 6. The summed E-state index contributed by atoms with van der Waals surface area (Å²) in [6.45, 7) is 1.06. The molecule has 0 aliphatic heterocycles. The van der Waals surface area contributed by atoms with Crippen LogP contribution in [0.5, 0.6) is 0 Å². The zero-order chi connectivity index (χ0) is 43.6. The summed E-state index contributed by atoms with van der Waals surface area (Å²) in [6, 6.07) is -2.40. The molecule has 1 heterocycles. The molecule has 9 N–H and O–H groups in total. The number of aromatic nitrogens is 4. The number of unbranched alkanes of at least 4 members (excludes halogenated alkanes) is 12. The Morgan fingerprint density at radius 3 is 1.75 bits per heavy atom. The molecule has 0 bridgehead atoms. The number of sulfonamides is 1. The molecule has 22 heteroatoms. The van der Waals surface area contributed by atoms with Crippen molar-refractivity contribution in [1.29, 1.82) is 0 Å². The van der Waals surface area contributed by atoms with Crippen LogP contribution in [0.1, 0.15) is 134 Å². The van der Waals surface area contributed by atoms with E-state index in [9.17, 15) is 47.4 Å². The molecular weight excluding hydrogens is 795 g/mol. The number of ether oxygens (including phenoxy) is 2. The number of carbonyl (C=O) groups excluding carboxylic acids is 4. The second-order valence-electron chi connectivity index (χ2n) is 14.3. The van der Waals surface area contributed by atoms with Crippen molar-refractivity contribution >= 4 is 45.6 Å². The van der Waals surface area contributed by atoms with Crippen molar-refractivity contribution in [1.82, 2.24) is 41.3 Å². The lowest BCUT2D eigenvalue weighted by Crippen LogP contribution is -2.43. The van der Waals surface area contributed by atoms with E-state index in [2.05, 4.69) is 41.3 Å². The Kier molecular flexibility index (Phi) is 30.0. The number of nitrogens with zero attached hydrogens (tertiary/aromatic N) is 3. The summed E-state index contributed by atoms with van der Waals surface area (Å²) in [5.41, 5.74) is 5.01. The summed E-state index contributed by atoms with van der Waals surface area (Å²) in [7, 11) is -3.83. The van der Waals surface area contributed by atoms with Crippen molar-refractivity contribution in [3.63, 3.8) is 0 Å². The molecule has 1 aromatic rings. The molecule has 0 fully saturated rings. The second-order valence-corrected chi connectivity index (χ2v) is 16.1. The lowest BCUT2D eigenvalue weighted by atomic mass is 10.0. The van der Waals surface area contributed by atoms with E-state index >= 15 is 0 Å². The predicted octanol–water partition coefficient (Wildman–Crippen LogP) is 1.24. The SMILES string of the molecule is NC(=O)CCC(NC(=O)CCC(NCCOCCOCCNC(=O)CCCS(=O)(=O)NC(=O)CCCCCCCCCCCCCCCc1nn[nH]n1)C(=O)O)C(=O)O. The van der Waals surface area contributed by atoms with Gasteiger partial charge in [-0.2, -0.15) is 5.21 Å². The van der Waals surface area contributed by atoms with Crippen molar-refractivity contribution in [2.45, 2.75) is 147 Å². The van der Waals surface area contributed by atoms with Crippen molar-refractivity contribution in [3.8, 4) is 0 Å². The standard InChI is InChI=1S/C37H67N9O12S/c38-31(47)20-18-30(37(53)54)41-34(49)21-19-29(36(51)52)39-22-24-57-26-27-58-25-23-40-33(48)17-14-28-59(55,56)44-35(50)16-13-11-9-7-5-3-1-2-4-6-8-10-12-15-32-42-45-46-43-32/h29-30,39H,1-28H2,(H2,38,47)(H,40,48)(H,41,49)(H,44,50)(H,51,52)(H,53,54)(H,42,43,45,46). The Morgan fingerprint density at radius 1 is 0.644 bits per heavy atom. The molecule has 0 saturated heterocycles. The summed E-state index contributed by atoms with van der Waals surface area (Å²) in [5, 5.41) is 40.1. The number of aliphatic carboxylic acids is 2. The molecule has 0 saturated carbocycles. The fourth-order valence-electron chi connectivity index (χ4n) is 5.88. The highest BCUT2D eigenvalue weighted by Crippen LogP contribution is 2.13. The van der Waals surface area contributed by atoms with Gasteiger partial charge in [0.1, 0.15) is 12.1 Å². The number of carboxylic acids is 2. The largest absolute Gasteiger partial charge is 0.480 e. The van der Waals surface area contributed by atoms with Crippen LogP contribution in [0.3, 0.4) is 0 Å². The van der Waals surface area contributed by atoms with Crippen LogP contribution in [0.15, 0.2) is 0 Å². The molecule has 2 unspecified atom stereocenters. The maximum Gasteiger partial charge on any atom is 0.326 e. The van der Waals surface area contributed by atoms with E-state index in [1.165, 1.54) is 51.4 Å². The molecule has 1 rings (SSSR count). The smallest absolute Gasteiger partial charge is 0.326 e. The van der Waals surface area contributed by atoms with E-state index < -0.39 is 51.8 Å². The molecular formula is C37H67N9O12S. The van der Waals surface area contributed by atoms with Gasteiger partial charge in [-0.1, -0.05) is 75.8 Å². The summed E-state index contributed by atoms with van der Waals surface area (Å²) in [5.74, 6) is -4.36. The normalized spacial score (nSPS) is 12.4. The van der Waals surface area contributed by atoms with Gasteiger partial charge >= 0.3 is 11.9 Å². The van der Waals surface area contributed by atoms with Crippen molar-refractivity contribution < 1.29 is 56.9 Å². The average molecular weight is 862 g/mol. The zero-order valence-electron chi connectivity index (χ0n) is 34.3. The van der Waals surface area contributed by atoms with E-state index in [1.807, 2.05) is 0 Å². The van der Waals surface area contributed by atoms with E-state index in [0.29, 0.717) is 6.42 Å². The highest BCUT2D eigenvalue weighted by atomic mass is 32.2. The first-order valence-electron chi connectivity index (χ1n) is 20.7. The minimum Gasteiger partial charge on any atom is -0.480 e. The first-order valence-corrected chi connectivity index (χ1v) is 22.4. The molecule has 0 aromatic carbocycles. The van der Waals surface area contributed by atoms with Gasteiger partial charge in [-0.15, -0.1) is 10.2 Å². The topological polar surface area (TPSA) is 324 Å². The Morgan fingerprint density at radius 2 is 1.19 bits per heavy atom. The third-order valence-electron chi connectivity index (χ3n) is 9.13. The molecule has 21 nitrogen and oxygen atoms in total. The second kappa shape index (κ2) is 33.5. The Labute approximate surface area is 346 Å². The number of aryl methyl sites for hydroxylation is 1. The first-order chi connectivity index (χ1) is 28.3. The average Bonchev–Trinajstić information content (AvgIpc) is 3.69. The number of nitrogens with one attached hydrogen (secondary N) is 5.